The van der Waals surface area contributed by atoms with Crippen LogP contribution >= 0.6 is 27.5 Å². The summed E-state index contributed by atoms with van der Waals surface area (Å²) in [6, 6.07) is 12.6. The zero-order chi connectivity index (χ0) is 14.7. The quantitative estimate of drug-likeness (QED) is 0.882. The van der Waals surface area contributed by atoms with Gasteiger partial charge in [0.25, 0.3) is 0 Å². The summed E-state index contributed by atoms with van der Waals surface area (Å²) in [4.78, 5) is 13.2. The van der Waals surface area contributed by atoms with Crippen molar-refractivity contribution in [2.75, 3.05) is 11.9 Å². The maximum atomic E-state index is 11.3. The number of halogens is 2. The molecule has 0 aliphatic rings. The van der Waals surface area contributed by atoms with Crippen LogP contribution in [0.5, 0.6) is 0 Å². The van der Waals surface area contributed by atoms with Crippen LogP contribution in [0.2, 0.25) is 5.02 Å². The van der Waals surface area contributed by atoms with Gasteiger partial charge in [-0.25, -0.2) is 4.79 Å². The average Bonchev–Trinajstić information content (AvgIpc) is 2.41. The van der Waals surface area contributed by atoms with Crippen LogP contribution in [0.25, 0.3) is 0 Å². The molecule has 2 aromatic rings. The first kappa shape index (κ1) is 14.9. The van der Waals surface area contributed by atoms with Gasteiger partial charge in [-0.05, 0) is 35.9 Å². The summed E-state index contributed by atoms with van der Waals surface area (Å²) >= 11 is 9.23. The molecule has 0 heterocycles. The molecule has 20 heavy (non-hydrogen) atoms. The summed E-state index contributed by atoms with van der Waals surface area (Å²) in [7, 11) is 1.86. The molecule has 0 spiro atoms. The number of aromatic carboxylic acids is 1. The van der Waals surface area contributed by atoms with Crippen molar-refractivity contribution in [1.82, 2.24) is 0 Å². The summed E-state index contributed by atoms with van der Waals surface area (Å²) < 4.78 is 0.848. The third-order valence-electron chi connectivity index (χ3n) is 2.93. The first-order chi connectivity index (χ1) is 9.47. The van der Waals surface area contributed by atoms with E-state index >= 15 is 0 Å². The summed E-state index contributed by atoms with van der Waals surface area (Å²) in [6.45, 7) is 0.605. The van der Waals surface area contributed by atoms with E-state index in [2.05, 4.69) is 15.9 Å². The molecule has 104 valence electrons. The second-order valence-electron chi connectivity index (χ2n) is 4.45. The van der Waals surface area contributed by atoms with Crippen molar-refractivity contribution in [3.63, 3.8) is 0 Å². The van der Waals surface area contributed by atoms with Crippen molar-refractivity contribution in [2.45, 2.75) is 6.54 Å². The molecular weight excluding hydrogens is 342 g/mol. The minimum atomic E-state index is -0.935. The number of hydrogen-bond donors (Lipinski definition) is 1. The van der Waals surface area contributed by atoms with Crippen LogP contribution in [0.3, 0.4) is 0 Å². The van der Waals surface area contributed by atoms with Gasteiger partial charge in [0.1, 0.15) is 0 Å². The highest BCUT2D eigenvalue weighted by molar-refractivity contribution is 9.10. The highest BCUT2D eigenvalue weighted by Crippen LogP contribution is 2.26. The fraction of sp³-hybridized carbons (Fsp3) is 0.133. The molecule has 0 saturated carbocycles. The first-order valence-corrected chi connectivity index (χ1v) is 7.13. The van der Waals surface area contributed by atoms with Gasteiger partial charge < -0.3 is 10.0 Å². The number of carboxylic acids is 1. The monoisotopic (exact) mass is 353 g/mol. The van der Waals surface area contributed by atoms with Crippen LogP contribution in [-0.4, -0.2) is 18.1 Å². The summed E-state index contributed by atoms with van der Waals surface area (Å²) in [5.41, 5.74) is 2.01. The molecule has 0 amide bonds. The van der Waals surface area contributed by atoms with Gasteiger partial charge in [-0.3, -0.25) is 0 Å². The topological polar surface area (TPSA) is 40.5 Å². The average molecular weight is 355 g/mol. The van der Waals surface area contributed by atoms with E-state index in [4.69, 9.17) is 11.6 Å². The Labute approximate surface area is 130 Å². The molecule has 0 atom stereocenters. The first-order valence-electron chi connectivity index (χ1n) is 5.96. The minimum Gasteiger partial charge on any atom is -0.478 e. The maximum absolute atomic E-state index is 11.3. The highest BCUT2D eigenvalue weighted by Gasteiger charge is 2.14. The van der Waals surface area contributed by atoms with Crippen molar-refractivity contribution in [3.05, 3.63) is 63.1 Å². The van der Waals surface area contributed by atoms with E-state index in [1.165, 1.54) is 0 Å². The van der Waals surface area contributed by atoms with E-state index < -0.39 is 5.97 Å². The lowest BCUT2D eigenvalue weighted by Gasteiger charge is -2.21. The molecule has 0 bridgehead atoms. The number of anilines is 1. The van der Waals surface area contributed by atoms with E-state index in [-0.39, 0.29) is 5.56 Å². The van der Waals surface area contributed by atoms with Crippen LogP contribution in [0.15, 0.2) is 46.9 Å². The zero-order valence-electron chi connectivity index (χ0n) is 10.8. The Morgan fingerprint density at radius 1 is 1.25 bits per heavy atom. The highest BCUT2D eigenvalue weighted by atomic mass is 79.9. The molecular formula is C15H13BrClNO2. The van der Waals surface area contributed by atoms with Gasteiger partial charge in [-0.15, -0.1) is 0 Å². The molecule has 2 rings (SSSR count). The molecule has 0 radical (unpaired) electrons. The van der Waals surface area contributed by atoms with Crippen LogP contribution in [0, 0.1) is 0 Å². The largest absolute Gasteiger partial charge is 0.478 e. The summed E-state index contributed by atoms with van der Waals surface area (Å²) in [6.07, 6.45) is 0. The van der Waals surface area contributed by atoms with E-state index in [9.17, 15) is 9.90 Å². The Morgan fingerprint density at radius 3 is 2.50 bits per heavy atom. The molecule has 2 aromatic carbocycles. The van der Waals surface area contributed by atoms with Crippen LogP contribution < -0.4 is 4.90 Å². The van der Waals surface area contributed by atoms with Crippen molar-refractivity contribution < 1.29 is 9.90 Å². The smallest absolute Gasteiger partial charge is 0.337 e. The van der Waals surface area contributed by atoms with Gasteiger partial charge in [0.15, 0.2) is 0 Å². The molecule has 0 aliphatic heterocycles. The molecule has 0 aromatic heterocycles. The maximum Gasteiger partial charge on any atom is 0.337 e. The lowest BCUT2D eigenvalue weighted by atomic mass is 10.1. The molecule has 0 fully saturated rings. The van der Waals surface area contributed by atoms with Crippen LogP contribution in [-0.2, 0) is 6.54 Å². The van der Waals surface area contributed by atoms with Crippen LogP contribution in [0.4, 0.5) is 5.69 Å². The number of carboxylic acid groups (broad SMARTS) is 1. The fourth-order valence-electron chi connectivity index (χ4n) is 1.95. The molecule has 1 N–H and O–H groups in total. The van der Waals surface area contributed by atoms with Crippen molar-refractivity contribution in [2.24, 2.45) is 0 Å². The SMILES string of the molecule is CN(Cc1ccc(Cl)cc1)c1cc(Br)ccc1C(=O)O. The lowest BCUT2D eigenvalue weighted by Crippen LogP contribution is -2.19. The van der Waals surface area contributed by atoms with Crippen LogP contribution in [0.1, 0.15) is 15.9 Å². The Hall–Kier alpha value is -1.52. The Morgan fingerprint density at radius 2 is 1.90 bits per heavy atom. The predicted molar refractivity (Wildman–Crippen MR) is 84.7 cm³/mol. The van der Waals surface area contributed by atoms with Gasteiger partial charge in [-0.2, -0.15) is 0 Å². The normalized spacial score (nSPS) is 10.3. The Kier molecular flexibility index (Phi) is 4.68. The lowest BCUT2D eigenvalue weighted by molar-refractivity contribution is 0.0697. The third-order valence-corrected chi connectivity index (χ3v) is 3.68. The number of rotatable bonds is 4. The Balaban J connectivity index is 2.28. The second kappa shape index (κ2) is 6.29. The van der Waals surface area contributed by atoms with Gasteiger partial charge in [-0.1, -0.05) is 39.7 Å². The van der Waals surface area contributed by atoms with Crippen molar-refractivity contribution >= 4 is 39.2 Å². The van der Waals surface area contributed by atoms with E-state index in [0.717, 1.165) is 10.0 Å². The zero-order valence-corrected chi connectivity index (χ0v) is 13.1. The molecule has 3 nitrogen and oxygen atoms in total. The Bertz CT molecular complexity index is 628. The molecule has 0 unspecified atom stereocenters. The van der Waals surface area contributed by atoms with E-state index in [1.54, 1.807) is 18.2 Å². The van der Waals surface area contributed by atoms with Crippen molar-refractivity contribution in [3.8, 4) is 0 Å². The minimum absolute atomic E-state index is 0.282. The molecule has 5 heteroatoms. The summed E-state index contributed by atoms with van der Waals surface area (Å²) in [5.74, 6) is -0.935. The number of hydrogen-bond acceptors (Lipinski definition) is 2. The number of carbonyl (C=O) groups is 1. The van der Waals surface area contributed by atoms with Crippen molar-refractivity contribution in [1.29, 1.82) is 0 Å². The van der Waals surface area contributed by atoms with Gasteiger partial charge in [0.2, 0.25) is 0 Å². The molecule has 0 saturated heterocycles. The van der Waals surface area contributed by atoms with Gasteiger partial charge in [0.05, 0.1) is 11.3 Å². The fourth-order valence-corrected chi connectivity index (χ4v) is 2.43. The third kappa shape index (κ3) is 3.52. The molecule has 0 aliphatic carbocycles. The number of benzene rings is 2. The van der Waals surface area contributed by atoms with E-state index in [0.29, 0.717) is 17.3 Å². The van der Waals surface area contributed by atoms with Gasteiger partial charge in [0, 0.05) is 23.1 Å². The number of nitrogens with zero attached hydrogens (tertiary/aromatic N) is 1. The standard InChI is InChI=1S/C15H13BrClNO2/c1-18(9-10-2-5-12(17)6-3-10)14-8-11(16)4-7-13(14)15(19)20/h2-8H,9H2,1H3,(H,19,20). The predicted octanol–water partition coefficient (Wildman–Crippen LogP) is 4.44. The van der Waals surface area contributed by atoms with Gasteiger partial charge >= 0.3 is 5.97 Å². The second-order valence-corrected chi connectivity index (χ2v) is 5.80. The summed E-state index contributed by atoms with van der Waals surface area (Å²) in [5, 5.41) is 9.93. The van der Waals surface area contributed by atoms with E-state index in [1.807, 2.05) is 36.2 Å².